The zero-order chi connectivity index (χ0) is 16.0. The van der Waals surface area contributed by atoms with E-state index in [9.17, 15) is 9.90 Å². The van der Waals surface area contributed by atoms with Gasteiger partial charge in [0.1, 0.15) is 0 Å². The van der Waals surface area contributed by atoms with E-state index in [1.165, 1.54) is 5.56 Å². The minimum absolute atomic E-state index is 0.112. The average molecular weight is 370 g/mol. The van der Waals surface area contributed by atoms with Crippen molar-refractivity contribution >= 4 is 27.6 Å². The van der Waals surface area contributed by atoms with Gasteiger partial charge in [0.25, 0.3) is 0 Å². The van der Waals surface area contributed by atoms with Gasteiger partial charge in [-0.25, -0.2) is 4.79 Å². The minimum Gasteiger partial charge on any atom is -0.478 e. The predicted molar refractivity (Wildman–Crippen MR) is 93.9 cm³/mol. The Balaban J connectivity index is 1.85. The molecule has 0 spiro atoms. The number of fused-ring (bicyclic) bond motifs is 3. The van der Waals surface area contributed by atoms with Crippen LogP contribution in [0.3, 0.4) is 0 Å². The van der Waals surface area contributed by atoms with Crippen molar-refractivity contribution in [3.05, 3.63) is 75.8 Å². The quantitative estimate of drug-likeness (QED) is 0.734. The summed E-state index contributed by atoms with van der Waals surface area (Å²) in [6.07, 6.45) is 5.44. The molecule has 0 saturated heterocycles. The molecule has 0 radical (unpaired) electrons. The maximum atomic E-state index is 11.6. The first-order valence-corrected chi connectivity index (χ1v) is 8.49. The molecule has 0 fully saturated rings. The number of halogens is 1. The maximum absolute atomic E-state index is 11.6. The molecular formula is C19H16BrNO2. The lowest BCUT2D eigenvalue weighted by molar-refractivity contribution is 0.0697. The molecule has 2 aliphatic rings. The van der Waals surface area contributed by atoms with Crippen molar-refractivity contribution in [2.45, 2.75) is 18.4 Å². The highest BCUT2D eigenvalue weighted by Crippen LogP contribution is 2.50. The molecule has 116 valence electrons. The number of carboxylic acid groups (broad SMARTS) is 1. The van der Waals surface area contributed by atoms with Crippen molar-refractivity contribution in [2.24, 2.45) is 5.92 Å². The lowest BCUT2D eigenvalue weighted by Crippen LogP contribution is -2.30. The smallest absolute Gasteiger partial charge is 0.337 e. The number of hydrogen-bond acceptors (Lipinski definition) is 2. The van der Waals surface area contributed by atoms with Gasteiger partial charge < -0.3 is 10.4 Å². The minimum atomic E-state index is -0.886. The molecule has 1 heterocycles. The summed E-state index contributed by atoms with van der Waals surface area (Å²) in [6, 6.07) is 13.9. The SMILES string of the molecule is O=C(O)c1cccc2c1N[C@H](c1cccc(Br)c1)[C@@H]1CC=C[C@@H]21. The fourth-order valence-corrected chi connectivity index (χ4v) is 4.25. The molecular weight excluding hydrogens is 354 g/mol. The summed E-state index contributed by atoms with van der Waals surface area (Å²) in [4.78, 5) is 11.6. The lowest BCUT2D eigenvalue weighted by atomic mass is 9.76. The number of carboxylic acids is 1. The second-order valence-electron chi connectivity index (χ2n) is 6.11. The average Bonchev–Trinajstić information content (AvgIpc) is 3.03. The van der Waals surface area contributed by atoms with Gasteiger partial charge in [0.05, 0.1) is 17.3 Å². The van der Waals surface area contributed by atoms with Crippen LogP contribution in [0, 0.1) is 5.92 Å². The summed E-state index contributed by atoms with van der Waals surface area (Å²) in [5.74, 6) is -0.196. The number of rotatable bonds is 2. The summed E-state index contributed by atoms with van der Waals surface area (Å²) in [5.41, 5.74) is 3.39. The molecule has 23 heavy (non-hydrogen) atoms. The Morgan fingerprint density at radius 3 is 2.83 bits per heavy atom. The van der Waals surface area contributed by atoms with Gasteiger partial charge >= 0.3 is 5.97 Å². The topological polar surface area (TPSA) is 49.3 Å². The molecule has 0 amide bonds. The second kappa shape index (κ2) is 5.53. The first-order chi connectivity index (χ1) is 11.1. The first kappa shape index (κ1) is 14.5. The number of para-hydroxylation sites is 1. The van der Waals surface area contributed by atoms with Gasteiger partial charge in [-0.1, -0.05) is 52.3 Å². The Bertz CT molecular complexity index is 815. The highest BCUT2D eigenvalue weighted by atomic mass is 79.9. The molecule has 3 nitrogen and oxygen atoms in total. The van der Waals surface area contributed by atoms with Crippen molar-refractivity contribution in [1.29, 1.82) is 0 Å². The molecule has 1 aliphatic carbocycles. The van der Waals surface area contributed by atoms with Gasteiger partial charge in [-0.15, -0.1) is 0 Å². The van der Waals surface area contributed by atoms with Crippen molar-refractivity contribution in [3.63, 3.8) is 0 Å². The number of anilines is 1. The lowest BCUT2D eigenvalue weighted by Gasteiger charge is -2.38. The zero-order valence-corrected chi connectivity index (χ0v) is 14.0. The van der Waals surface area contributed by atoms with Crippen LogP contribution in [0.4, 0.5) is 5.69 Å². The van der Waals surface area contributed by atoms with Gasteiger partial charge in [-0.05, 0) is 41.7 Å². The number of hydrogen-bond donors (Lipinski definition) is 2. The third kappa shape index (κ3) is 2.38. The van der Waals surface area contributed by atoms with Crippen LogP contribution < -0.4 is 5.32 Å². The van der Waals surface area contributed by atoms with E-state index in [1.807, 2.05) is 24.3 Å². The van der Waals surface area contributed by atoms with Crippen LogP contribution in [0.25, 0.3) is 0 Å². The molecule has 1 aliphatic heterocycles. The van der Waals surface area contributed by atoms with E-state index < -0.39 is 5.97 Å². The summed E-state index contributed by atoms with van der Waals surface area (Å²) in [7, 11) is 0. The number of allylic oxidation sites excluding steroid dienone is 2. The fourth-order valence-electron chi connectivity index (χ4n) is 3.83. The molecule has 0 saturated carbocycles. The summed E-state index contributed by atoms with van der Waals surface area (Å²) < 4.78 is 1.04. The van der Waals surface area contributed by atoms with Crippen molar-refractivity contribution in [2.75, 3.05) is 5.32 Å². The highest BCUT2D eigenvalue weighted by Gasteiger charge is 2.39. The number of carbonyl (C=O) groups is 1. The van der Waals surface area contributed by atoms with Gasteiger partial charge in [-0.3, -0.25) is 0 Å². The summed E-state index contributed by atoms with van der Waals surface area (Å²) in [6.45, 7) is 0. The van der Waals surface area contributed by atoms with E-state index in [1.54, 1.807) is 6.07 Å². The predicted octanol–water partition coefficient (Wildman–Crippen LogP) is 4.97. The molecule has 2 aromatic carbocycles. The molecule has 4 heteroatoms. The Kier molecular flexibility index (Phi) is 3.49. The van der Waals surface area contributed by atoms with Crippen LogP contribution in [-0.2, 0) is 0 Å². The molecule has 0 aromatic heterocycles. The van der Waals surface area contributed by atoms with Crippen LogP contribution >= 0.6 is 15.9 Å². The molecule has 4 rings (SSSR count). The Morgan fingerprint density at radius 2 is 2.04 bits per heavy atom. The molecule has 2 aromatic rings. The van der Waals surface area contributed by atoms with Gasteiger partial charge in [0.2, 0.25) is 0 Å². The van der Waals surface area contributed by atoms with Crippen LogP contribution in [0.15, 0.2) is 59.1 Å². The second-order valence-corrected chi connectivity index (χ2v) is 7.02. The van der Waals surface area contributed by atoms with Crippen LogP contribution in [0.2, 0.25) is 0 Å². The standard InChI is InChI=1S/C19H16BrNO2/c20-12-5-1-4-11(10-12)17-14-7-2-6-13(14)15-8-3-9-16(19(22)23)18(15)21-17/h1-6,8-10,13-14,17,21H,7H2,(H,22,23)/t13-,14-,17-/m1/s1. The molecule has 3 atom stereocenters. The first-order valence-electron chi connectivity index (χ1n) is 7.70. The monoisotopic (exact) mass is 369 g/mol. The number of benzene rings is 2. The third-order valence-electron chi connectivity index (χ3n) is 4.83. The molecule has 0 bridgehead atoms. The van der Waals surface area contributed by atoms with Crippen molar-refractivity contribution < 1.29 is 9.90 Å². The van der Waals surface area contributed by atoms with Gasteiger partial charge in [0.15, 0.2) is 0 Å². The zero-order valence-electron chi connectivity index (χ0n) is 12.4. The van der Waals surface area contributed by atoms with E-state index in [0.29, 0.717) is 11.5 Å². The maximum Gasteiger partial charge on any atom is 0.337 e. The van der Waals surface area contributed by atoms with Crippen LogP contribution in [-0.4, -0.2) is 11.1 Å². The number of nitrogens with one attached hydrogen (secondary N) is 1. The molecule has 2 N–H and O–H groups in total. The summed E-state index contributed by atoms with van der Waals surface area (Å²) >= 11 is 3.53. The van der Waals surface area contributed by atoms with E-state index in [0.717, 1.165) is 22.1 Å². The van der Waals surface area contributed by atoms with E-state index in [-0.39, 0.29) is 12.0 Å². The van der Waals surface area contributed by atoms with E-state index in [4.69, 9.17) is 0 Å². The Hall–Kier alpha value is -2.07. The van der Waals surface area contributed by atoms with Crippen molar-refractivity contribution in [1.82, 2.24) is 0 Å². The largest absolute Gasteiger partial charge is 0.478 e. The Morgan fingerprint density at radius 1 is 1.22 bits per heavy atom. The third-order valence-corrected chi connectivity index (χ3v) is 5.33. The normalized spacial score (nSPS) is 24.7. The van der Waals surface area contributed by atoms with E-state index >= 15 is 0 Å². The van der Waals surface area contributed by atoms with Gasteiger partial charge in [0, 0.05) is 10.4 Å². The molecule has 0 unspecified atom stereocenters. The summed E-state index contributed by atoms with van der Waals surface area (Å²) in [5, 5.41) is 13.0. The fraction of sp³-hybridized carbons (Fsp3) is 0.211. The Labute approximate surface area is 143 Å². The van der Waals surface area contributed by atoms with Crippen molar-refractivity contribution in [3.8, 4) is 0 Å². The highest BCUT2D eigenvalue weighted by molar-refractivity contribution is 9.10. The van der Waals surface area contributed by atoms with Crippen LogP contribution in [0.5, 0.6) is 0 Å². The number of aromatic carboxylic acids is 1. The van der Waals surface area contributed by atoms with Crippen LogP contribution in [0.1, 0.15) is 39.9 Å². The van der Waals surface area contributed by atoms with E-state index in [2.05, 4.69) is 45.5 Å². The van der Waals surface area contributed by atoms with Gasteiger partial charge in [-0.2, -0.15) is 0 Å².